The molecule has 0 aliphatic carbocycles. The third-order valence-corrected chi connectivity index (χ3v) is 7.58. The molecule has 6 nitrogen and oxygen atoms in total. The Balaban J connectivity index is 1.24. The molecule has 1 saturated heterocycles. The molecule has 2 aromatic carbocycles. The van der Waals surface area contributed by atoms with Gasteiger partial charge in [0.25, 0.3) is 5.91 Å². The topological polar surface area (TPSA) is 63.1 Å². The maximum Gasteiger partial charge on any atom is 0.251 e. The van der Waals surface area contributed by atoms with Gasteiger partial charge in [-0.15, -0.1) is 11.3 Å². The van der Waals surface area contributed by atoms with E-state index in [2.05, 4.69) is 52.6 Å². The molecule has 2 aromatic heterocycles. The van der Waals surface area contributed by atoms with E-state index in [1.54, 1.807) is 11.3 Å². The Hall–Kier alpha value is -3.03. The smallest absolute Gasteiger partial charge is 0.251 e. The third-order valence-electron chi connectivity index (χ3n) is 6.55. The Morgan fingerprint density at radius 1 is 1.12 bits per heavy atom. The average molecular weight is 460 g/mol. The number of carbonyl (C=O) groups is 1. The number of hydrogen-bond donors (Lipinski definition) is 1. The highest BCUT2D eigenvalue weighted by Gasteiger charge is 2.22. The fourth-order valence-corrected chi connectivity index (χ4v) is 5.76. The van der Waals surface area contributed by atoms with Crippen molar-refractivity contribution < 1.29 is 4.79 Å². The van der Waals surface area contributed by atoms with Crippen LogP contribution in [0.2, 0.25) is 0 Å². The summed E-state index contributed by atoms with van der Waals surface area (Å²) in [6, 6.07) is 16.6. The number of carbonyl (C=O) groups excluding carboxylic acids is 1. The molecule has 3 heterocycles. The maximum absolute atomic E-state index is 13.0. The number of hydrogen-bond acceptors (Lipinski definition) is 5. The first-order chi connectivity index (χ1) is 16.0. The predicted molar refractivity (Wildman–Crippen MR) is 134 cm³/mol. The Bertz CT molecular complexity index is 1290. The van der Waals surface area contributed by atoms with Crippen LogP contribution in [0.25, 0.3) is 20.8 Å². The molecule has 1 aliphatic heterocycles. The number of aryl methyl sites for hydroxylation is 2. The number of aromatic nitrogens is 3. The fraction of sp³-hybridized carbons (Fsp3) is 0.346. The third kappa shape index (κ3) is 4.56. The molecule has 1 fully saturated rings. The standard InChI is InChI=1S/C26H29N5OS/c1-17-24(18(2)30(3)29-17)26-28-22-10-9-20(15-23(22)33-26)25(32)27-21-11-13-31(14-12-21)16-19-7-5-4-6-8-19/h4-10,15,21H,11-14,16H2,1-3H3,(H,27,32). The lowest BCUT2D eigenvalue weighted by molar-refractivity contribution is 0.0909. The summed E-state index contributed by atoms with van der Waals surface area (Å²) in [5.41, 5.74) is 6.13. The van der Waals surface area contributed by atoms with E-state index in [-0.39, 0.29) is 11.9 Å². The minimum Gasteiger partial charge on any atom is -0.349 e. The van der Waals surface area contributed by atoms with Crippen LogP contribution in [0.15, 0.2) is 48.5 Å². The number of fused-ring (bicyclic) bond motifs is 1. The van der Waals surface area contributed by atoms with Crippen LogP contribution in [0, 0.1) is 13.8 Å². The summed E-state index contributed by atoms with van der Waals surface area (Å²) < 4.78 is 2.92. The number of benzene rings is 2. The number of piperidine rings is 1. The molecule has 170 valence electrons. The number of amides is 1. The van der Waals surface area contributed by atoms with E-state index in [9.17, 15) is 4.79 Å². The van der Waals surface area contributed by atoms with Crippen LogP contribution in [-0.2, 0) is 13.6 Å². The molecule has 0 bridgehead atoms. The van der Waals surface area contributed by atoms with Crippen LogP contribution in [0.4, 0.5) is 0 Å². The second kappa shape index (κ2) is 9.08. The zero-order valence-electron chi connectivity index (χ0n) is 19.3. The Kier molecular flexibility index (Phi) is 6.00. The molecule has 33 heavy (non-hydrogen) atoms. The predicted octanol–water partition coefficient (Wildman–Crippen LogP) is 4.71. The van der Waals surface area contributed by atoms with Gasteiger partial charge in [0.2, 0.25) is 0 Å². The van der Waals surface area contributed by atoms with Crippen LogP contribution in [-0.4, -0.2) is 44.7 Å². The van der Waals surface area contributed by atoms with Gasteiger partial charge in [-0.25, -0.2) is 4.98 Å². The molecular weight excluding hydrogens is 430 g/mol. The van der Waals surface area contributed by atoms with E-state index in [0.29, 0.717) is 5.56 Å². The van der Waals surface area contributed by atoms with Crippen molar-refractivity contribution in [2.75, 3.05) is 13.1 Å². The van der Waals surface area contributed by atoms with Crippen molar-refractivity contribution in [1.29, 1.82) is 0 Å². The zero-order valence-corrected chi connectivity index (χ0v) is 20.2. The van der Waals surface area contributed by atoms with E-state index in [1.165, 1.54) is 5.56 Å². The number of nitrogens with one attached hydrogen (secondary N) is 1. The van der Waals surface area contributed by atoms with Gasteiger partial charge >= 0.3 is 0 Å². The van der Waals surface area contributed by atoms with Gasteiger partial charge in [-0.2, -0.15) is 5.10 Å². The van der Waals surface area contributed by atoms with Crippen molar-refractivity contribution in [2.24, 2.45) is 7.05 Å². The summed E-state index contributed by atoms with van der Waals surface area (Å²) in [6.07, 6.45) is 1.95. The lowest BCUT2D eigenvalue weighted by Gasteiger charge is -2.32. The largest absolute Gasteiger partial charge is 0.349 e. The summed E-state index contributed by atoms with van der Waals surface area (Å²) in [5, 5.41) is 8.72. The SMILES string of the molecule is Cc1nn(C)c(C)c1-c1nc2ccc(C(=O)NC3CCN(Cc4ccccc4)CC3)cc2s1. The van der Waals surface area contributed by atoms with Gasteiger partial charge in [0.05, 0.1) is 21.5 Å². The molecule has 0 atom stereocenters. The van der Waals surface area contributed by atoms with Crippen molar-refractivity contribution in [3.8, 4) is 10.6 Å². The van der Waals surface area contributed by atoms with Gasteiger partial charge in [-0.05, 0) is 50.5 Å². The highest BCUT2D eigenvalue weighted by atomic mass is 32.1. The molecule has 7 heteroatoms. The van der Waals surface area contributed by atoms with Crippen LogP contribution in [0.1, 0.15) is 40.2 Å². The second-order valence-electron chi connectivity index (χ2n) is 8.88. The minimum atomic E-state index is 0.00194. The van der Waals surface area contributed by atoms with E-state index >= 15 is 0 Å². The number of thiazole rings is 1. The zero-order chi connectivity index (χ0) is 22.9. The summed E-state index contributed by atoms with van der Waals surface area (Å²) in [6.45, 7) is 7.05. The molecule has 4 aromatic rings. The van der Waals surface area contributed by atoms with Gasteiger partial charge in [0, 0.05) is 44.0 Å². The maximum atomic E-state index is 13.0. The van der Waals surface area contributed by atoms with E-state index in [1.807, 2.05) is 36.9 Å². The molecule has 0 unspecified atom stereocenters. The van der Waals surface area contributed by atoms with Crippen LogP contribution < -0.4 is 5.32 Å². The molecular formula is C26H29N5OS. The van der Waals surface area contributed by atoms with E-state index in [4.69, 9.17) is 4.98 Å². The average Bonchev–Trinajstić information content (AvgIpc) is 3.34. The summed E-state index contributed by atoms with van der Waals surface area (Å²) in [7, 11) is 1.95. The molecule has 1 N–H and O–H groups in total. The first-order valence-corrected chi connectivity index (χ1v) is 12.3. The molecule has 1 amide bonds. The monoisotopic (exact) mass is 459 g/mol. The van der Waals surface area contributed by atoms with Gasteiger partial charge < -0.3 is 5.32 Å². The minimum absolute atomic E-state index is 0.00194. The number of rotatable bonds is 5. The van der Waals surface area contributed by atoms with Crippen LogP contribution in [0.3, 0.4) is 0 Å². The van der Waals surface area contributed by atoms with E-state index in [0.717, 1.165) is 64.7 Å². The molecule has 0 spiro atoms. The van der Waals surface area contributed by atoms with Gasteiger partial charge in [0.15, 0.2) is 0 Å². The van der Waals surface area contributed by atoms with Crippen molar-refractivity contribution >= 4 is 27.5 Å². The summed E-state index contributed by atoms with van der Waals surface area (Å²) in [5.74, 6) is 0.00194. The quantitative estimate of drug-likeness (QED) is 0.470. The number of likely N-dealkylation sites (tertiary alicyclic amines) is 1. The van der Waals surface area contributed by atoms with Crippen molar-refractivity contribution in [1.82, 2.24) is 25.0 Å². The van der Waals surface area contributed by atoms with Gasteiger partial charge in [-0.3, -0.25) is 14.4 Å². The first-order valence-electron chi connectivity index (χ1n) is 11.5. The molecule has 0 radical (unpaired) electrons. The lowest BCUT2D eigenvalue weighted by Crippen LogP contribution is -2.44. The van der Waals surface area contributed by atoms with Crippen molar-refractivity contribution in [3.05, 3.63) is 71.0 Å². The second-order valence-corrected chi connectivity index (χ2v) is 9.91. The fourth-order valence-electron chi connectivity index (χ4n) is 4.60. The summed E-state index contributed by atoms with van der Waals surface area (Å²) in [4.78, 5) is 20.2. The van der Waals surface area contributed by atoms with Gasteiger partial charge in [0.1, 0.15) is 5.01 Å². The van der Waals surface area contributed by atoms with Crippen LogP contribution >= 0.6 is 11.3 Å². The molecule has 0 saturated carbocycles. The first kappa shape index (κ1) is 21.8. The van der Waals surface area contributed by atoms with Crippen molar-refractivity contribution in [3.63, 3.8) is 0 Å². The highest BCUT2D eigenvalue weighted by molar-refractivity contribution is 7.21. The normalized spacial score (nSPS) is 15.2. The van der Waals surface area contributed by atoms with E-state index < -0.39 is 0 Å². The number of nitrogens with zero attached hydrogens (tertiary/aromatic N) is 4. The summed E-state index contributed by atoms with van der Waals surface area (Å²) >= 11 is 1.62. The Morgan fingerprint density at radius 3 is 2.58 bits per heavy atom. The van der Waals surface area contributed by atoms with Crippen LogP contribution in [0.5, 0.6) is 0 Å². The van der Waals surface area contributed by atoms with Gasteiger partial charge in [-0.1, -0.05) is 30.3 Å². The Morgan fingerprint density at radius 2 is 1.88 bits per heavy atom. The van der Waals surface area contributed by atoms with Crippen molar-refractivity contribution in [2.45, 2.75) is 39.3 Å². The molecule has 1 aliphatic rings. The highest BCUT2D eigenvalue weighted by Crippen LogP contribution is 2.34. The lowest BCUT2D eigenvalue weighted by atomic mass is 10.0. The molecule has 5 rings (SSSR count). The Labute approximate surface area is 198 Å².